The number of nitrogens with zero attached hydrogens (tertiary/aromatic N) is 1. The Labute approximate surface area is 375 Å². The molecule has 0 saturated carbocycles. The van der Waals surface area contributed by atoms with E-state index in [-0.39, 0.29) is 56.8 Å². The summed E-state index contributed by atoms with van der Waals surface area (Å²) in [4.78, 5) is 58.5. The number of aryl methyl sites for hydroxylation is 4. The zero-order valence-electron chi connectivity index (χ0n) is 32.9. The fourth-order valence-electron chi connectivity index (χ4n) is 4.68. The molecule has 0 aliphatic carbocycles. The van der Waals surface area contributed by atoms with Crippen molar-refractivity contribution in [2.45, 2.75) is 105 Å². The number of esters is 1. The molecule has 0 heterocycles. The van der Waals surface area contributed by atoms with Gasteiger partial charge in [-0.3, -0.25) is 4.79 Å². The third kappa shape index (κ3) is 25.0. The molecule has 0 unspecified atom stereocenters. The van der Waals surface area contributed by atoms with Gasteiger partial charge in [-0.1, -0.05) is 0 Å². The Hall–Kier alpha value is -2.10. The van der Waals surface area contributed by atoms with E-state index in [9.17, 15) is 29.1 Å². The molecular weight excluding hydrogens is 1090 g/mol. The van der Waals surface area contributed by atoms with Crippen molar-refractivity contribution < 1.29 is 60.3 Å². The number of carbonyl (C=O) groups excluding carboxylic acids is 4. The Kier molecular flexibility index (Phi) is 31.6. The Bertz CT molecular complexity index is 1570. The van der Waals surface area contributed by atoms with Gasteiger partial charge in [0.15, 0.2) is 5.70 Å². The maximum atomic E-state index is 12.0. The molecule has 0 bridgehead atoms. The summed E-state index contributed by atoms with van der Waals surface area (Å²) in [5.74, 6) is -2.27. The summed E-state index contributed by atoms with van der Waals surface area (Å²) < 4.78 is 15.1. The average molecular weight is 1140 g/mol. The van der Waals surface area contributed by atoms with Crippen LogP contribution < -0.4 is 33.4 Å². The molecule has 2 atom stereocenters. The number of aliphatic carboxylic acids is 1. The number of nitrogens with one attached hydrogen (secondary N) is 2. The molecule has 0 saturated heterocycles. The number of carbonyl (C=O) groups is 5. The van der Waals surface area contributed by atoms with Crippen LogP contribution in [0.25, 0.3) is 0 Å². The first-order valence-electron chi connectivity index (χ1n) is 15.8. The van der Waals surface area contributed by atoms with Crippen molar-refractivity contribution in [2.75, 3.05) is 7.11 Å². The van der Waals surface area contributed by atoms with E-state index in [0.29, 0.717) is 11.1 Å². The van der Waals surface area contributed by atoms with Gasteiger partial charge in [0.2, 0.25) is 5.91 Å². The van der Waals surface area contributed by atoms with E-state index in [0.717, 1.165) is 33.4 Å². The van der Waals surface area contributed by atoms with Crippen molar-refractivity contribution in [3.63, 3.8) is 0 Å². The Morgan fingerprint density at radius 3 is 1.44 bits per heavy atom. The van der Waals surface area contributed by atoms with Crippen LogP contribution in [0.3, 0.4) is 0 Å². The molecule has 2 aromatic rings. The quantitative estimate of drug-likeness (QED) is 0.125. The van der Waals surface area contributed by atoms with E-state index in [1.54, 1.807) is 102 Å². The molecule has 55 heavy (non-hydrogen) atoms. The van der Waals surface area contributed by atoms with Gasteiger partial charge in [0.05, 0.1) is 18.7 Å². The summed E-state index contributed by atoms with van der Waals surface area (Å²) in [7, 11) is 1.27. The van der Waals surface area contributed by atoms with Crippen molar-refractivity contribution in [1.82, 2.24) is 10.6 Å². The normalized spacial score (nSPS) is 11.1. The minimum absolute atomic E-state index is 0. The number of benzene rings is 2. The van der Waals surface area contributed by atoms with Gasteiger partial charge in [0, 0.05) is 18.4 Å². The van der Waals surface area contributed by atoms with E-state index in [2.05, 4.69) is 41.0 Å². The molecule has 3 amide bonds. The summed E-state index contributed by atoms with van der Waals surface area (Å²) in [6.45, 7) is 17.6. The van der Waals surface area contributed by atoms with Gasteiger partial charge in [-0.15, -0.1) is 0 Å². The number of ether oxygens (including phenoxy) is 3. The van der Waals surface area contributed by atoms with Gasteiger partial charge in [0.1, 0.15) is 23.3 Å². The fourth-order valence-corrected chi connectivity index (χ4v) is 4.68. The van der Waals surface area contributed by atoms with E-state index in [1.165, 1.54) is 7.11 Å². The summed E-state index contributed by atoms with van der Waals surface area (Å²) in [5, 5.41) is 23.3. The molecule has 0 fully saturated rings. The number of carboxylic acid groups (broad SMARTS) is 1. The van der Waals surface area contributed by atoms with Crippen LogP contribution in [0.2, 0.25) is 0 Å². The van der Waals surface area contributed by atoms with Gasteiger partial charge < -0.3 is 35.7 Å². The molecule has 0 aliphatic rings. The van der Waals surface area contributed by atoms with Crippen LogP contribution in [0.15, 0.2) is 24.3 Å². The second-order valence-electron chi connectivity index (χ2n) is 13.4. The first-order chi connectivity index (χ1) is 24.4. The van der Waals surface area contributed by atoms with Crippen molar-refractivity contribution in [3.8, 4) is 6.07 Å². The Balaban J connectivity index is -0.000000409. The monoisotopic (exact) mass is 1140 g/mol. The third-order valence-electron chi connectivity index (χ3n) is 6.79. The molecule has 4 radical (unpaired) electrons. The average Bonchev–Trinajstić information content (AvgIpc) is 3.02. The Morgan fingerprint density at radius 2 is 1.15 bits per heavy atom. The van der Waals surface area contributed by atoms with E-state index in [4.69, 9.17) is 30.9 Å². The number of nitriles is 1. The van der Waals surface area contributed by atoms with Gasteiger partial charge in [0.25, 0.3) is 0 Å². The predicted octanol–water partition coefficient (Wildman–Crippen LogP) is 2.95. The van der Waals surface area contributed by atoms with Crippen LogP contribution in [0.4, 0.5) is 9.59 Å². The first kappa shape index (κ1) is 59.6. The molecule has 306 valence electrons. The molecule has 13 nitrogen and oxygen atoms in total. The van der Waals surface area contributed by atoms with Crippen LogP contribution in [0.1, 0.15) is 90.8 Å². The summed E-state index contributed by atoms with van der Waals surface area (Å²) >= 11 is 3.89. The van der Waals surface area contributed by atoms with Crippen molar-refractivity contribution in [1.29, 1.82) is 5.26 Å². The number of hydrogen-bond acceptors (Lipinski definition) is 9. The molecule has 2 aromatic carbocycles. The topological polar surface area (TPSA) is 207 Å². The molecular formula is C35H52B2I3N4O9S2-. The zero-order chi connectivity index (χ0) is 41.9. The van der Waals surface area contributed by atoms with Gasteiger partial charge in [-0.2, -0.15) is 54.6 Å². The molecule has 20 heteroatoms. The molecule has 2 rings (SSSR count). The van der Waals surface area contributed by atoms with Crippen LogP contribution in [-0.4, -0.2) is 76.9 Å². The van der Waals surface area contributed by atoms with Crippen LogP contribution in [0.5, 0.6) is 0 Å². The zero-order valence-corrected chi connectivity index (χ0v) is 41.4. The van der Waals surface area contributed by atoms with Crippen LogP contribution >= 0.6 is 68.0 Å². The number of primary amides is 1. The second kappa shape index (κ2) is 29.2. The number of carboxylic acids is 1. The number of hydrogen-bond donors (Lipinski definition) is 4. The molecule has 5 N–H and O–H groups in total. The number of alkyl carbamates (subject to hydrolysis) is 2. The minimum atomic E-state index is -1.17. The van der Waals surface area contributed by atoms with Crippen molar-refractivity contribution >= 4 is 109 Å². The van der Waals surface area contributed by atoms with Gasteiger partial charge >= 0.3 is 65.5 Å². The van der Waals surface area contributed by atoms with E-state index in [1.807, 2.05) is 13.8 Å². The van der Waals surface area contributed by atoms with Gasteiger partial charge in [-0.05, 0) is 127 Å². The van der Waals surface area contributed by atoms with E-state index < -0.39 is 53.3 Å². The molecule has 0 aromatic heterocycles. The summed E-state index contributed by atoms with van der Waals surface area (Å²) in [5.41, 5.74) is 19.1. The summed E-state index contributed by atoms with van der Waals surface area (Å²) in [6, 6.07) is 6.82. The van der Waals surface area contributed by atoms with Crippen molar-refractivity contribution in [2.24, 2.45) is 5.73 Å². The number of rotatable bonds is 9. The third-order valence-corrected chi connectivity index (χ3v) is 6.79. The molecule has 0 aliphatic heterocycles. The Morgan fingerprint density at radius 1 is 0.818 bits per heavy atom. The van der Waals surface area contributed by atoms with Crippen molar-refractivity contribution in [3.05, 3.63) is 68.8 Å². The fraction of sp³-hybridized carbons (Fsp3) is 0.486. The number of amides is 3. The maximum absolute atomic E-state index is 12.0. The first-order valence-corrected chi connectivity index (χ1v) is 24.5. The number of methoxy groups -OCH3 is 1. The number of halogens is 3. The SMILES string of the molecule is COC(=O)[C@H](Cc1c(C)cc(C#N)cc1C)NC(=O)OC(C)(C)C.Cc1cc(C(N)=O)cc(C)c1C[C@H](NC(=O)OC(C)(C)C)C(=O)O.S.S.[B]I.[B][I-]I. The predicted molar refractivity (Wildman–Crippen MR) is 239 cm³/mol. The van der Waals surface area contributed by atoms with Crippen LogP contribution in [0, 0.1) is 39.0 Å². The van der Waals surface area contributed by atoms with E-state index >= 15 is 0 Å². The standard InChI is InChI=1S/C18H24N2O4.C17H24N2O5.BI2.BI.2H2S/c1-11-7-13(10-19)8-12(2)14(11)9-15(16(21)23-6)20-17(22)24-18(3,4)5;1-9-6-11(14(18)20)7-10(2)12(9)8-13(15(21)22)19-16(23)24-17(3,4)5;1-3-2;1-2;;/h7-8,15H,9H2,1-6H3,(H,20,22);6-7,13H,8H2,1-5H3,(H2,18,20)(H,19,23)(H,21,22);;;2*1H2/q;;-1;;;/t15-;13-;;;;/m00..../s1. The number of nitrogens with two attached hydrogens (primary N) is 1. The summed E-state index contributed by atoms with van der Waals surface area (Å²) in [6.07, 6.45) is -1.14. The van der Waals surface area contributed by atoms with Crippen LogP contribution in [-0.2, 0) is 36.6 Å². The molecule has 0 spiro atoms. The van der Waals surface area contributed by atoms with Gasteiger partial charge in [-0.25, -0.2) is 19.2 Å². The second-order valence-corrected chi connectivity index (χ2v) is 17.0.